The summed E-state index contributed by atoms with van der Waals surface area (Å²) in [6.07, 6.45) is 0.110. The molecule has 9 nitrogen and oxygen atoms in total. The molecule has 0 bridgehead atoms. The van der Waals surface area contributed by atoms with Crippen molar-refractivity contribution >= 4 is 17.9 Å². The van der Waals surface area contributed by atoms with Gasteiger partial charge in [-0.1, -0.05) is 6.92 Å². The van der Waals surface area contributed by atoms with E-state index in [9.17, 15) is 14.4 Å². The highest BCUT2D eigenvalue weighted by molar-refractivity contribution is 5.99. The lowest BCUT2D eigenvalue weighted by Gasteiger charge is -2.19. The van der Waals surface area contributed by atoms with E-state index in [1.54, 1.807) is 27.8 Å². The molecule has 0 aliphatic rings. The van der Waals surface area contributed by atoms with Gasteiger partial charge in [-0.25, -0.2) is 4.79 Å². The molecule has 0 rings (SSSR count). The Balaban J connectivity index is 4.46. The fraction of sp³-hybridized carbons (Fsp3) is 0.688. The standard InChI is InChI=1S/C16H31N5O4/c1-6-7-19-12(22)10-11(13(17)18-5)14(23)20-8-9-21-15(24)25-16(2,3)4/h18H,6-10,17H2,1-5H3,(H,19,22)(H,20,23)(H,21,24)/b13-11+. The summed E-state index contributed by atoms with van der Waals surface area (Å²) in [4.78, 5) is 35.5. The van der Waals surface area contributed by atoms with E-state index >= 15 is 0 Å². The van der Waals surface area contributed by atoms with Crippen LogP contribution in [0.15, 0.2) is 11.4 Å². The summed E-state index contributed by atoms with van der Waals surface area (Å²) < 4.78 is 5.08. The predicted octanol–water partition coefficient (Wildman–Crippen LogP) is -0.0667. The van der Waals surface area contributed by atoms with Crippen molar-refractivity contribution in [1.29, 1.82) is 0 Å². The number of rotatable bonds is 9. The minimum atomic E-state index is -0.587. The van der Waals surface area contributed by atoms with Crippen molar-refractivity contribution in [3.63, 3.8) is 0 Å². The Morgan fingerprint density at radius 2 is 1.60 bits per heavy atom. The van der Waals surface area contributed by atoms with Gasteiger partial charge < -0.3 is 31.7 Å². The monoisotopic (exact) mass is 357 g/mol. The van der Waals surface area contributed by atoms with Gasteiger partial charge in [-0.15, -0.1) is 0 Å². The zero-order valence-corrected chi connectivity index (χ0v) is 15.7. The van der Waals surface area contributed by atoms with E-state index in [0.717, 1.165) is 6.42 Å². The third-order valence-electron chi connectivity index (χ3n) is 2.86. The van der Waals surface area contributed by atoms with Crippen LogP contribution < -0.4 is 27.0 Å². The first-order valence-corrected chi connectivity index (χ1v) is 8.28. The lowest BCUT2D eigenvalue weighted by molar-refractivity contribution is -0.123. The number of alkyl carbamates (subject to hydrolysis) is 1. The second-order valence-corrected chi connectivity index (χ2v) is 6.35. The first-order valence-electron chi connectivity index (χ1n) is 8.28. The summed E-state index contributed by atoms with van der Waals surface area (Å²) in [5.41, 5.74) is 5.31. The molecule has 0 aliphatic carbocycles. The molecule has 0 aromatic carbocycles. The molecule has 0 aliphatic heterocycles. The molecule has 0 fully saturated rings. The smallest absolute Gasteiger partial charge is 0.407 e. The van der Waals surface area contributed by atoms with Crippen LogP contribution in [-0.4, -0.2) is 50.2 Å². The van der Waals surface area contributed by atoms with Crippen molar-refractivity contribution in [2.24, 2.45) is 5.73 Å². The molecule has 0 spiro atoms. The van der Waals surface area contributed by atoms with Crippen LogP contribution in [0.4, 0.5) is 4.79 Å². The number of amides is 3. The zero-order chi connectivity index (χ0) is 19.5. The summed E-state index contributed by atoms with van der Waals surface area (Å²) in [6.45, 7) is 8.11. The molecule has 0 saturated heterocycles. The van der Waals surface area contributed by atoms with Crippen LogP contribution >= 0.6 is 0 Å². The molecule has 25 heavy (non-hydrogen) atoms. The average Bonchev–Trinajstić information content (AvgIpc) is 2.52. The summed E-state index contributed by atoms with van der Waals surface area (Å²) in [7, 11) is 1.57. The van der Waals surface area contributed by atoms with Gasteiger partial charge in [-0.2, -0.15) is 0 Å². The maximum Gasteiger partial charge on any atom is 0.407 e. The molecule has 3 amide bonds. The Labute approximate surface area is 149 Å². The van der Waals surface area contributed by atoms with Crippen molar-refractivity contribution in [1.82, 2.24) is 21.3 Å². The molecular weight excluding hydrogens is 326 g/mol. The highest BCUT2D eigenvalue weighted by Gasteiger charge is 2.18. The molecule has 9 heteroatoms. The number of hydrogen-bond acceptors (Lipinski definition) is 6. The second kappa shape index (κ2) is 11.2. The SMILES string of the molecule is CCCNC(=O)C/C(C(=O)NCCNC(=O)OC(C)(C)C)=C(/N)NC. The lowest BCUT2D eigenvalue weighted by atomic mass is 10.1. The summed E-state index contributed by atoms with van der Waals surface area (Å²) >= 11 is 0. The van der Waals surface area contributed by atoms with Gasteiger partial charge >= 0.3 is 6.09 Å². The number of carbonyl (C=O) groups excluding carboxylic acids is 3. The number of hydrogen-bond donors (Lipinski definition) is 5. The third-order valence-corrected chi connectivity index (χ3v) is 2.86. The van der Waals surface area contributed by atoms with Crippen LogP contribution in [0.3, 0.4) is 0 Å². The van der Waals surface area contributed by atoms with E-state index in [1.807, 2.05) is 6.92 Å². The Hall–Kier alpha value is -2.45. The third kappa shape index (κ3) is 10.9. The van der Waals surface area contributed by atoms with Gasteiger partial charge in [-0.3, -0.25) is 9.59 Å². The second-order valence-electron chi connectivity index (χ2n) is 6.35. The first-order chi connectivity index (χ1) is 11.6. The molecule has 0 atom stereocenters. The fourth-order valence-corrected chi connectivity index (χ4v) is 1.70. The quantitative estimate of drug-likeness (QED) is 0.290. The highest BCUT2D eigenvalue weighted by Crippen LogP contribution is 2.06. The summed E-state index contributed by atoms with van der Waals surface area (Å²) in [5, 5.41) is 10.5. The molecule has 0 heterocycles. The van der Waals surface area contributed by atoms with E-state index in [1.165, 1.54) is 0 Å². The van der Waals surface area contributed by atoms with Gasteiger partial charge in [0.1, 0.15) is 11.4 Å². The molecule has 6 N–H and O–H groups in total. The molecule has 144 valence electrons. The van der Waals surface area contributed by atoms with Crippen molar-refractivity contribution in [3.05, 3.63) is 11.4 Å². The number of carbonyl (C=O) groups is 3. The molecule has 0 saturated carbocycles. The molecule has 0 radical (unpaired) electrons. The van der Waals surface area contributed by atoms with E-state index in [-0.39, 0.29) is 36.8 Å². The van der Waals surface area contributed by atoms with Crippen LogP contribution in [0.25, 0.3) is 0 Å². The van der Waals surface area contributed by atoms with Gasteiger partial charge in [0.25, 0.3) is 5.91 Å². The molecule has 0 aromatic heterocycles. The number of nitrogens with one attached hydrogen (secondary N) is 4. The number of nitrogens with two attached hydrogens (primary N) is 1. The Bertz CT molecular complexity index is 497. The molecule has 0 aromatic rings. The summed E-state index contributed by atoms with van der Waals surface area (Å²) in [6, 6.07) is 0. The summed E-state index contributed by atoms with van der Waals surface area (Å²) in [5.74, 6) is -0.620. The maximum absolute atomic E-state index is 12.2. The van der Waals surface area contributed by atoms with Crippen molar-refractivity contribution in [2.75, 3.05) is 26.7 Å². The van der Waals surface area contributed by atoms with E-state index < -0.39 is 17.6 Å². The minimum absolute atomic E-state index is 0.127. The van der Waals surface area contributed by atoms with Gasteiger partial charge in [-0.05, 0) is 27.2 Å². The topological polar surface area (TPSA) is 135 Å². The van der Waals surface area contributed by atoms with E-state index in [0.29, 0.717) is 6.54 Å². The minimum Gasteiger partial charge on any atom is -0.444 e. The van der Waals surface area contributed by atoms with Crippen LogP contribution in [0.5, 0.6) is 0 Å². The van der Waals surface area contributed by atoms with Crippen LogP contribution in [-0.2, 0) is 14.3 Å². The van der Waals surface area contributed by atoms with E-state index in [2.05, 4.69) is 21.3 Å². The normalized spacial score (nSPS) is 11.9. The van der Waals surface area contributed by atoms with Gasteiger partial charge in [0.15, 0.2) is 0 Å². The van der Waals surface area contributed by atoms with Crippen molar-refractivity contribution in [3.8, 4) is 0 Å². The Morgan fingerprint density at radius 3 is 2.12 bits per heavy atom. The zero-order valence-electron chi connectivity index (χ0n) is 15.7. The van der Waals surface area contributed by atoms with Gasteiger partial charge in [0, 0.05) is 26.7 Å². The fourth-order valence-electron chi connectivity index (χ4n) is 1.70. The largest absolute Gasteiger partial charge is 0.444 e. The van der Waals surface area contributed by atoms with Crippen LogP contribution in [0.1, 0.15) is 40.5 Å². The van der Waals surface area contributed by atoms with Crippen LogP contribution in [0.2, 0.25) is 0 Å². The maximum atomic E-state index is 12.2. The first kappa shape index (κ1) is 22.6. The average molecular weight is 357 g/mol. The molecule has 0 unspecified atom stereocenters. The predicted molar refractivity (Wildman–Crippen MR) is 95.4 cm³/mol. The van der Waals surface area contributed by atoms with Crippen molar-refractivity contribution < 1.29 is 19.1 Å². The van der Waals surface area contributed by atoms with Crippen LogP contribution in [0, 0.1) is 0 Å². The van der Waals surface area contributed by atoms with Gasteiger partial charge in [0.2, 0.25) is 5.91 Å². The Morgan fingerprint density at radius 1 is 1.00 bits per heavy atom. The van der Waals surface area contributed by atoms with Gasteiger partial charge in [0.05, 0.1) is 12.0 Å². The Kier molecular flexibility index (Phi) is 10.1. The van der Waals surface area contributed by atoms with E-state index in [4.69, 9.17) is 10.5 Å². The molecular formula is C16H31N5O4. The van der Waals surface area contributed by atoms with Crippen molar-refractivity contribution in [2.45, 2.75) is 46.1 Å². The highest BCUT2D eigenvalue weighted by atomic mass is 16.6. The number of ether oxygens (including phenoxy) is 1. The lowest BCUT2D eigenvalue weighted by Crippen LogP contribution is -2.39.